The summed E-state index contributed by atoms with van der Waals surface area (Å²) in [6, 6.07) is 0. The fourth-order valence-corrected chi connectivity index (χ4v) is 4.46. The second kappa shape index (κ2) is 5.72. The molecule has 6 heteroatoms. The van der Waals surface area contributed by atoms with Crippen LogP contribution in [0.2, 0.25) is 0 Å². The van der Waals surface area contributed by atoms with Gasteiger partial charge in [-0.3, -0.25) is 4.79 Å². The van der Waals surface area contributed by atoms with Crippen LogP contribution >= 0.6 is 0 Å². The van der Waals surface area contributed by atoms with Gasteiger partial charge in [0.1, 0.15) is 0 Å². The molecule has 21 heavy (non-hydrogen) atoms. The molecule has 2 aliphatic rings. The maximum atomic E-state index is 12.3. The van der Waals surface area contributed by atoms with Gasteiger partial charge in [0, 0.05) is 13.1 Å². The minimum absolute atomic E-state index is 0.124. The lowest BCUT2D eigenvalue weighted by Crippen LogP contribution is -2.46. The number of carbonyl (C=O) groups is 1. The van der Waals surface area contributed by atoms with Crippen LogP contribution in [0.15, 0.2) is 11.6 Å². The summed E-state index contributed by atoms with van der Waals surface area (Å²) >= 11 is 0. The van der Waals surface area contributed by atoms with E-state index in [-0.39, 0.29) is 23.2 Å². The van der Waals surface area contributed by atoms with Crippen molar-refractivity contribution >= 4 is 16.1 Å². The van der Waals surface area contributed by atoms with E-state index in [0.29, 0.717) is 13.1 Å². The van der Waals surface area contributed by atoms with Gasteiger partial charge in [0.15, 0.2) is 0 Å². The molecule has 1 heterocycles. The Kier molecular flexibility index (Phi) is 4.49. The van der Waals surface area contributed by atoms with Gasteiger partial charge in [0.05, 0.1) is 5.92 Å². The maximum absolute atomic E-state index is 12.3. The predicted octanol–water partition coefficient (Wildman–Crippen LogP) is 2.07. The molecule has 0 radical (unpaired) electrons. The average molecular weight is 314 g/mol. The van der Waals surface area contributed by atoms with E-state index in [1.54, 1.807) is 0 Å². The Balaban J connectivity index is 2.03. The number of hydrogen-bond donors (Lipinski definition) is 1. The van der Waals surface area contributed by atoms with Gasteiger partial charge in [-0.2, -0.15) is 12.7 Å². The van der Waals surface area contributed by atoms with Crippen LogP contribution in [0, 0.1) is 17.3 Å². The molecule has 5 nitrogen and oxygen atoms in total. The van der Waals surface area contributed by atoms with E-state index in [1.165, 1.54) is 4.31 Å². The largest absolute Gasteiger partial charge is 0.303 e. The summed E-state index contributed by atoms with van der Waals surface area (Å²) in [6.45, 7) is 9.02. The topological polar surface area (TPSA) is 66.5 Å². The second-order valence-corrected chi connectivity index (χ2v) is 8.67. The van der Waals surface area contributed by atoms with Gasteiger partial charge in [-0.05, 0) is 38.0 Å². The van der Waals surface area contributed by atoms with Gasteiger partial charge in [0.2, 0.25) is 5.91 Å². The van der Waals surface area contributed by atoms with Crippen LogP contribution in [0.3, 0.4) is 0 Å². The Hall–Kier alpha value is -0.880. The van der Waals surface area contributed by atoms with E-state index < -0.39 is 10.2 Å². The first-order valence-electron chi connectivity index (χ1n) is 7.63. The highest BCUT2D eigenvalue weighted by molar-refractivity contribution is 7.87. The SMILES string of the molecule is CC(C)=C[C@@H]1[C@H](C(=O)NS(=O)(=O)N2CCCCC2)C1(C)C. The molecule has 120 valence electrons. The molecular weight excluding hydrogens is 288 g/mol. The molecule has 1 saturated carbocycles. The number of nitrogens with one attached hydrogen (secondary N) is 1. The Morgan fingerprint density at radius 2 is 1.76 bits per heavy atom. The first-order valence-corrected chi connectivity index (χ1v) is 9.07. The van der Waals surface area contributed by atoms with Gasteiger partial charge < -0.3 is 0 Å². The molecule has 1 N–H and O–H groups in total. The standard InChI is InChI=1S/C15H26N2O3S/c1-11(2)10-12-13(15(12,3)4)14(18)16-21(19,20)17-8-6-5-7-9-17/h10,12-13H,5-9H2,1-4H3,(H,16,18)/t12-,13-/m1/s1. The second-order valence-electron chi connectivity index (χ2n) is 7.00. The predicted molar refractivity (Wildman–Crippen MR) is 82.7 cm³/mol. The molecule has 0 aromatic carbocycles. The fraction of sp³-hybridized carbons (Fsp3) is 0.800. The van der Waals surface area contributed by atoms with Crippen molar-refractivity contribution in [3.8, 4) is 0 Å². The molecule has 2 atom stereocenters. The number of piperidine rings is 1. The summed E-state index contributed by atoms with van der Waals surface area (Å²) in [5.41, 5.74) is 0.987. The number of nitrogens with zero attached hydrogens (tertiary/aromatic N) is 1. The molecule has 0 aromatic heterocycles. The van der Waals surface area contributed by atoms with Crippen LogP contribution < -0.4 is 4.72 Å². The van der Waals surface area contributed by atoms with E-state index >= 15 is 0 Å². The first-order chi connectivity index (χ1) is 9.66. The van der Waals surface area contributed by atoms with Crippen molar-refractivity contribution in [3.05, 3.63) is 11.6 Å². The minimum atomic E-state index is -3.68. The highest BCUT2D eigenvalue weighted by Gasteiger charge is 2.60. The van der Waals surface area contributed by atoms with Gasteiger partial charge in [-0.1, -0.05) is 31.9 Å². The smallest absolute Gasteiger partial charge is 0.274 e. The Morgan fingerprint density at radius 3 is 2.29 bits per heavy atom. The van der Waals surface area contributed by atoms with Gasteiger partial charge >= 0.3 is 10.2 Å². The molecule has 2 fully saturated rings. The molecule has 1 saturated heterocycles. The summed E-state index contributed by atoms with van der Waals surface area (Å²) in [5.74, 6) is -0.501. The lowest BCUT2D eigenvalue weighted by Gasteiger charge is -2.25. The quantitative estimate of drug-likeness (QED) is 0.808. The zero-order valence-corrected chi connectivity index (χ0v) is 14.2. The van der Waals surface area contributed by atoms with Crippen LogP contribution in [0.25, 0.3) is 0 Å². The summed E-state index contributed by atoms with van der Waals surface area (Å²) in [6.07, 6.45) is 4.85. The van der Waals surface area contributed by atoms with Crippen molar-refractivity contribution in [3.63, 3.8) is 0 Å². The van der Waals surface area contributed by atoms with Crippen molar-refractivity contribution in [1.82, 2.24) is 9.03 Å². The van der Waals surface area contributed by atoms with E-state index in [1.807, 2.05) is 27.7 Å². The number of amides is 1. The maximum Gasteiger partial charge on any atom is 0.303 e. The number of allylic oxidation sites excluding steroid dienone is 2. The third-order valence-corrected chi connectivity index (χ3v) is 6.09. The van der Waals surface area contributed by atoms with Crippen LogP contribution in [0.4, 0.5) is 0 Å². The highest BCUT2D eigenvalue weighted by atomic mass is 32.2. The summed E-state index contributed by atoms with van der Waals surface area (Å²) in [7, 11) is -3.68. The minimum Gasteiger partial charge on any atom is -0.274 e. The molecule has 0 bridgehead atoms. The molecule has 1 aliphatic heterocycles. The van der Waals surface area contributed by atoms with Crippen molar-refractivity contribution in [2.45, 2.75) is 47.0 Å². The lowest BCUT2D eigenvalue weighted by molar-refractivity contribution is -0.121. The summed E-state index contributed by atoms with van der Waals surface area (Å²) < 4.78 is 28.2. The zero-order valence-electron chi connectivity index (χ0n) is 13.3. The van der Waals surface area contributed by atoms with E-state index in [4.69, 9.17) is 0 Å². The third kappa shape index (κ3) is 3.48. The van der Waals surface area contributed by atoms with Gasteiger partial charge in [-0.15, -0.1) is 0 Å². The van der Waals surface area contributed by atoms with Crippen molar-refractivity contribution in [2.24, 2.45) is 17.3 Å². The molecule has 0 unspecified atom stereocenters. The van der Waals surface area contributed by atoms with Crippen molar-refractivity contribution in [2.75, 3.05) is 13.1 Å². The number of rotatable bonds is 4. The Labute approximate surface area is 128 Å². The van der Waals surface area contributed by atoms with E-state index in [9.17, 15) is 13.2 Å². The number of hydrogen-bond acceptors (Lipinski definition) is 3. The van der Waals surface area contributed by atoms with Crippen molar-refractivity contribution < 1.29 is 13.2 Å². The van der Waals surface area contributed by atoms with Crippen molar-refractivity contribution in [1.29, 1.82) is 0 Å². The van der Waals surface area contributed by atoms with E-state index in [0.717, 1.165) is 24.8 Å². The Morgan fingerprint density at radius 1 is 1.19 bits per heavy atom. The first kappa shape index (κ1) is 16.5. The van der Waals surface area contributed by atoms with Crippen LogP contribution in [0.1, 0.15) is 47.0 Å². The molecule has 0 aromatic rings. The van der Waals surface area contributed by atoms with Gasteiger partial charge in [0.25, 0.3) is 0 Å². The highest BCUT2D eigenvalue weighted by Crippen LogP contribution is 2.59. The molecular formula is C15H26N2O3S. The molecule has 1 amide bonds. The molecule has 2 rings (SSSR count). The van der Waals surface area contributed by atoms with Crippen LogP contribution in [-0.2, 0) is 15.0 Å². The van der Waals surface area contributed by atoms with Crippen LogP contribution in [0.5, 0.6) is 0 Å². The summed E-state index contributed by atoms with van der Waals surface area (Å²) in [5, 5.41) is 0. The molecule has 1 aliphatic carbocycles. The summed E-state index contributed by atoms with van der Waals surface area (Å²) in [4.78, 5) is 12.3. The monoisotopic (exact) mass is 314 g/mol. The van der Waals surface area contributed by atoms with Crippen LogP contribution in [-0.4, -0.2) is 31.7 Å². The molecule has 0 spiro atoms. The van der Waals surface area contributed by atoms with Gasteiger partial charge in [-0.25, -0.2) is 4.72 Å². The lowest BCUT2D eigenvalue weighted by atomic mass is 10.1. The number of carbonyl (C=O) groups excluding carboxylic acids is 1. The Bertz CT molecular complexity index is 541. The van der Waals surface area contributed by atoms with E-state index in [2.05, 4.69) is 10.8 Å². The fourth-order valence-electron chi connectivity index (χ4n) is 3.21. The zero-order chi connectivity index (χ0) is 15.8. The average Bonchev–Trinajstić information content (AvgIpc) is 2.90. The normalized spacial score (nSPS) is 28.8. The third-order valence-electron chi connectivity index (χ3n) is 4.59.